The first-order valence-electron chi connectivity index (χ1n) is 8.78. The molecule has 28 heavy (non-hydrogen) atoms. The van der Waals surface area contributed by atoms with E-state index < -0.39 is 22.0 Å². The number of hydrogen-bond donors (Lipinski definition) is 2. The Morgan fingerprint density at radius 3 is 2.29 bits per heavy atom. The van der Waals surface area contributed by atoms with E-state index in [0.29, 0.717) is 11.3 Å². The van der Waals surface area contributed by atoms with Crippen LogP contribution in [0.5, 0.6) is 5.75 Å². The quantitative estimate of drug-likeness (QED) is 0.487. The molecule has 1 amide bonds. The molecule has 1 aromatic carbocycles. The molecule has 2 rings (SSSR count). The topological polar surface area (TPSA) is 109 Å². The van der Waals surface area contributed by atoms with Gasteiger partial charge in [0.2, 0.25) is 10.0 Å². The van der Waals surface area contributed by atoms with Crippen molar-refractivity contribution in [1.82, 2.24) is 14.8 Å². The number of pyridine rings is 1. The number of nitrogens with zero attached hydrogens (tertiary/aromatic N) is 2. The molecule has 0 saturated carbocycles. The van der Waals surface area contributed by atoms with Crippen molar-refractivity contribution in [3.05, 3.63) is 54.4 Å². The van der Waals surface area contributed by atoms with E-state index in [2.05, 4.69) is 4.98 Å². The van der Waals surface area contributed by atoms with Gasteiger partial charge in [-0.3, -0.25) is 15.0 Å². The van der Waals surface area contributed by atoms with Crippen LogP contribution in [-0.4, -0.2) is 42.0 Å². The molecule has 0 spiro atoms. The van der Waals surface area contributed by atoms with Crippen LogP contribution >= 0.6 is 0 Å². The minimum Gasteiger partial charge on any atom is -0.497 e. The fourth-order valence-corrected chi connectivity index (χ4v) is 4.38. The number of nitrogens with one attached hydrogen (secondary N) is 1. The van der Waals surface area contributed by atoms with E-state index in [4.69, 9.17) is 4.74 Å². The first-order chi connectivity index (χ1) is 13.3. The summed E-state index contributed by atoms with van der Waals surface area (Å²) < 4.78 is 33.0. The maximum absolute atomic E-state index is 13.4. The Hall–Kier alpha value is -2.49. The number of benzene rings is 1. The van der Waals surface area contributed by atoms with Gasteiger partial charge in [0.1, 0.15) is 11.8 Å². The van der Waals surface area contributed by atoms with E-state index in [9.17, 15) is 18.4 Å². The lowest BCUT2D eigenvalue weighted by molar-refractivity contribution is -0.133. The molecule has 0 unspecified atom stereocenters. The van der Waals surface area contributed by atoms with Crippen LogP contribution in [0.15, 0.2) is 53.7 Å². The summed E-state index contributed by atoms with van der Waals surface area (Å²) in [4.78, 5) is 16.3. The Morgan fingerprint density at radius 1 is 1.18 bits per heavy atom. The minimum atomic E-state index is -4.04. The largest absolute Gasteiger partial charge is 0.497 e. The van der Waals surface area contributed by atoms with Crippen LogP contribution in [0.3, 0.4) is 0 Å². The molecule has 0 aliphatic carbocycles. The Labute approximate surface area is 165 Å². The first kappa shape index (κ1) is 21.8. The van der Waals surface area contributed by atoms with E-state index in [1.807, 2.05) is 13.8 Å². The second-order valence-electron chi connectivity index (χ2n) is 6.70. The summed E-state index contributed by atoms with van der Waals surface area (Å²) in [5.41, 5.74) is 2.27. The summed E-state index contributed by atoms with van der Waals surface area (Å²) >= 11 is 0. The van der Waals surface area contributed by atoms with Gasteiger partial charge in [-0.2, -0.15) is 4.31 Å². The van der Waals surface area contributed by atoms with Gasteiger partial charge in [-0.25, -0.2) is 13.9 Å². The van der Waals surface area contributed by atoms with Crippen molar-refractivity contribution in [2.75, 3.05) is 7.11 Å². The van der Waals surface area contributed by atoms with Crippen molar-refractivity contribution in [3.8, 4) is 5.75 Å². The van der Waals surface area contributed by atoms with Crippen LogP contribution in [0.4, 0.5) is 0 Å². The van der Waals surface area contributed by atoms with Crippen LogP contribution < -0.4 is 10.2 Å². The molecule has 1 heterocycles. The van der Waals surface area contributed by atoms with E-state index in [1.165, 1.54) is 19.2 Å². The normalized spacial score (nSPS) is 12.8. The standard InChI is InChI=1S/C19H25N3O5S/c1-14(2)12-18(19(23)21-24)22(13-15-8-10-20-11-9-15)28(25,26)17-6-4-16(27-3)5-7-17/h4-11,14,18,24H,12-13H2,1-3H3,(H,21,23)/t18-/m1/s1. The highest BCUT2D eigenvalue weighted by Crippen LogP contribution is 2.26. The highest BCUT2D eigenvalue weighted by atomic mass is 32.2. The zero-order chi connectivity index (χ0) is 20.7. The lowest BCUT2D eigenvalue weighted by atomic mass is 10.0. The molecule has 1 aromatic heterocycles. The summed E-state index contributed by atoms with van der Waals surface area (Å²) in [5.74, 6) is -0.236. The summed E-state index contributed by atoms with van der Waals surface area (Å²) in [6, 6.07) is 8.22. The molecule has 9 heteroatoms. The van der Waals surface area contributed by atoms with Crippen molar-refractivity contribution in [1.29, 1.82) is 0 Å². The summed E-state index contributed by atoms with van der Waals surface area (Å²) in [6.07, 6.45) is 3.35. The van der Waals surface area contributed by atoms with Gasteiger partial charge >= 0.3 is 0 Å². The summed E-state index contributed by atoms with van der Waals surface area (Å²) in [7, 11) is -2.55. The number of carbonyl (C=O) groups is 1. The van der Waals surface area contributed by atoms with Crippen LogP contribution in [0.1, 0.15) is 25.8 Å². The smallest absolute Gasteiger partial charge is 0.261 e. The Bertz CT molecular complexity index is 870. The van der Waals surface area contributed by atoms with Crippen molar-refractivity contribution < 1.29 is 23.2 Å². The van der Waals surface area contributed by atoms with Gasteiger partial charge in [-0.15, -0.1) is 0 Å². The van der Waals surface area contributed by atoms with Crippen LogP contribution in [0, 0.1) is 5.92 Å². The average Bonchev–Trinajstić information content (AvgIpc) is 2.70. The Morgan fingerprint density at radius 2 is 1.79 bits per heavy atom. The highest BCUT2D eigenvalue weighted by molar-refractivity contribution is 7.89. The molecule has 1 atom stereocenters. The number of rotatable bonds is 9. The fraction of sp³-hybridized carbons (Fsp3) is 0.368. The highest BCUT2D eigenvalue weighted by Gasteiger charge is 2.36. The Balaban J connectivity index is 2.52. The third kappa shape index (κ3) is 5.28. The first-order valence-corrected chi connectivity index (χ1v) is 10.2. The molecule has 2 N–H and O–H groups in total. The lowest BCUT2D eigenvalue weighted by Gasteiger charge is -2.30. The van der Waals surface area contributed by atoms with E-state index >= 15 is 0 Å². The van der Waals surface area contributed by atoms with Gasteiger partial charge in [0.05, 0.1) is 12.0 Å². The van der Waals surface area contributed by atoms with Gasteiger partial charge in [0.15, 0.2) is 0 Å². The minimum absolute atomic E-state index is 0.0216. The number of hydroxylamine groups is 1. The lowest BCUT2D eigenvalue weighted by Crippen LogP contribution is -2.49. The van der Waals surface area contributed by atoms with Gasteiger partial charge in [0.25, 0.3) is 5.91 Å². The van der Waals surface area contributed by atoms with E-state index in [1.54, 1.807) is 42.1 Å². The van der Waals surface area contributed by atoms with Gasteiger partial charge in [-0.05, 0) is 54.3 Å². The SMILES string of the molecule is COc1ccc(S(=O)(=O)N(Cc2ccncc2)[C@H](CC(C)C)C(=O)NO)cc1. The van der Waals surface area contributed by atoms with E-state index in [-0.39, 0.29) is 23.8 Å². The second-order valence-corrected chi connectivity index (χ2v) is 8.59. The van der Waals surface area contributed by atoms with Gasteiger partial charge < -0.3 is 4.74 Å². The van der Waals surface area contributed by atoms with Crippen molar-refractivity contribution in [3.63, 3.8) is 0 Å². The number of methoxy groups -OCH3 is 1. The molecular formula is C19H25N3O5S. The monoisotopic (exact) mass is 407 g/mol. The van der Waals surface area contributed by atoms with Crippen molar-refractivity contribution in [2.45, 2.75) is 37.8 Å². The maximum atomic E-state index is 13.4. The van der Waals surface area contributed by atoms with Crippen LogP contribution in [0.2, 0.25) is 0 Å². The average molecular weight is 407 g/mol. The second kappa shape index (κ2) is 9.63. The molecule has 0 aliphatic rings. The van der Waals surface area contributed by atoms with E-state index in [0.717, 1.165) is 4.31 Å². The molecule has 0 aliphatic heterocycles. The van der Waals surface area contributed by atoms with Crippen LogP contribution in [0.25, 0.3) is 0 Å². The molecular weight excluding hydrogens is 382 g/mol. The number of sulfonamides is 1. The number of ether oxygens (including phenoxy) is 1. The number of amides is 1. The molecule has 0 fully saturated rings. The molecule has 0 radical (unpaired) electrons. The molecule has 8 nitrogen and oxygen atoms in total. The summed E-state index contributed by atoms with van der Waals surface area (Å²) in [6.45, 7) is 3.71. The number of aromatic nitrogens is 1. The zero-order valence-electron chi connectivity index (χ0n) is 16.1. The predicted octanol–water partition coefficient (Wildman–Crippen LogP) is 2.20. The van der Waals surface area contributed by atoms with Gasteiger partial charge in [-0.1, -0.05) is 13.8 Å². The summed E-state index contributed by atoms with van der Waals surface area (Å²) in [5, 5.41) is 9.19. The third-order valence-electron chi connectivity index (χ3n) is 4.21. The fourth-order valence-electron chi connectivity index (χ4n) is 2.79. The zero-order valence-corrected chi connectivity index (χ0v) is 16.9. The third-order valence-corrected chi connectivity index (χ3v) is 6.08. The molecule has 0 bridgehead atoms. The molecule has 2 aromatic rings. The predicted molar refractivity (Wildman–Crippen MR) is 103 cm³/mol. The Kier molecular flexibility index (Phi) is 7.50. The molecule has 0 saturated heterocycles. The van der Waals surface area contributed by atoms with Crippen molar-refractivity contribution >= 4 is 15.9 Å². The van der Waals surface area contributed by atoms with Gasteiger partial charge in [0, 0.05) is 18.9 Å². The molecule has 152 valence electrons. The maximum Gasteiger partial charge on any atom is 0.261 e. The number of hydrogen-bond acceptors (Lipinski definition) is 6. The van der Waals surface area contributed by atoms with Crippen molar-refractivity contribution in [2.24, 2.45) is 5.92 Å². The number of carbonyl (C=O) groups excluding carboxylic acids is 1. The van der Waals surface area contributed by atoms with Crippen LogP contribution in [-0.2, 0) is 21.4 Å².